The third-order valence-electron chi connectivity index (χ3n) is 3.06. The topological polar surface area (TPSA) is 76.7 Å². The normalized spacial score (nSPS) is 10.7. The lowest BCUT2D eigenvalue weighted by Crippen LogP contribution is -2.06. The smallest absolute Gasteiger partial charge is 0.232 e. The number of rotatable bonds is 5. The van der Waals surface area contributed by atoms with Crippen LogP contribution in [0.2, 0.25) is 5.02 Å². The maximum Gasteiger partial charge on any atom is 0.232 e. The van der Waals surface area contributed by atoms with E-state index >= 15 is 0 Å². The van der Waals surface area contributed by atoms with Gasteiger partial charge in [-0.2, -0.15) is 15.0 Å². The van der Waals surface area contributed by atoms with Gasteiger partial charge in [0.1, 0.15) is 5.82 Å². The van der Waals surface area contributed by atoms with Gasteiger partial charge in [-0.3, -0.25) is 0 Å². The molecule has 3 N–H and O–H groups in total. The third kappa shape index (κ3) is 4.77. The first-order valence-electron chi connectivity index (χ1n) is 7.10. The number of thioether (sulfide) groups is 1. The molecule has 0 spiro atoms. The zero-order chi connectivity index (χ0) is 17.8. The van der Waals surface area contributed by atoms with Crippen LogP contribution in [0.4, 0.5) is 26.4 Å². The minimum atomic E-state index is -0.898. The van der Waals surface area contributed by atoms with Gasteiger partial charge in [-0.15, -0.1) is 11.8 Å². The number of hydrogen-bond donors (Lipinski definition) is 2. The molecule has 0 aliphatic rings. The van der Waals surface area contributed by atoms with Crippen molar-refractivity contribution in [3.8, 4) is 0 Å². The Kier molecular flexibility index (Phi) is 5.30. The highest BCUT2D eigenvalue weighted by Gasteiger charge is 2.08. The molecule has 0 bridgehead atoms. The summed E-state index contributed by atoms with van der Waals surface area (Å²) in [7, 11) is 0. The van der Waals surface area contributed by atoms with Crippen LogP contribution in [0, 0.1) is 11.6 Å². The first kappa shape index (κ1) is 17.4. The van der Waals surface area contributed by atoms with E-state index in [1.165, 1.54) is 17.8 Å². The van der Waals surface area contributed by atoms with Gasteiger partial charge >= 0.3 is 0 Å². The van der Waals surface area contributed by atoms with Gasteiger partial charge in [0.15, 0.2) is 11.6 Å². The predicted octanol–water partition coefficient (Wildman–Crippen LogP) is 4.42. The monoisotopic (exact) mass is 379 g/mol. The van der Waals surface area contributed by atoms with Crippen molar-refractivity contribution in [2.24, 2.45) is 0 Å². The molecule has 5 nitrogen and oxygen atoms in total. The summed E-state index contributed by atoms with van der Waals surface area (Å²) < 4.78 is 26.2. The Labute approximate surface area is 151 Å². The van der Waals surface area contributed by atoms with E-state index in [1.54, 1.807) is 24.3 Å². The highest BCUT2D eigenvalue weighted by Crippen LogP contribution is 2.24. The Bertz CT molecular complexity index is 892. The molecule has 9 heteroatoms. The van der Waals surface area contributed by atoms with Gasteiger partial charge in [0.2, 0.25) is 11.9 Å². The second-order valence-corrected chi connectivity index (χ2v) is 6.42. The number of nitrogens with zero attached hydrogens (tertiary/aromatic N) is 3. The number of nitrogens with one attached hydrogen (secondary N) is 1. The Morgan fingerprint density at radius 3 is 2.48 bits per heavy atom. The minimum Gasteiger partial charge on any atom is -0.368 e. The predicted molar refractivity (Wildman–Crippen MR) is 94.9 cm³/mol. The average Bonchev–Trinajstić information content (AvgIpc) is 2.58. The van der Waals surface area contributed by atoms with E-state index in [0.29, 0.717) is 21.5 Å². The molecule has 2 aromatic carbocycles. The van der Waals surface area contributed by atoms with Crippen molar-refractivity contribution in [2.75, 3.05) is 11.1 Å². The largest absolute Gasteiger partial charge is 0.368 e. The minimum absolute atomic E-state index is 0.0624. The zero-order valence-electron chi connectivity index (χ0n) is 12.7. The van der Waals surface area contributed by atoms with Crippen molar-refractivity contribution < 1.29 is 8.78 Å². The molecule has 128 valence electrons. The Balaban J connectivity index is 1.72. The summed E-state index contributed by atoms with van der Waals surface area (Å²) in [5.41, 5.74) is 6.45. The van der Waals surface area contributed by atoms with E-state index < -0.39 is 11.6 Å². The Hall–Kier alpha value is -2.45. The summed E-state index contributed by atoms with van der Waals surface area (Å²) >= 11 is 7.11. The van der Waals surface area contributed by atoms with Crippen LogP contribution in [0.3, 0.4) is 0 Å². The molecule has 0 radical (unpaired) electrons. The van der Waals surface area contributed by atoms with E-state index in [0.717, 1.165) is 17.8 Å². The molecule has 25 heavy (non-hydrogen) atoms. The van der Waals surface area contributed by atoms with Crippen LogP contribution >= 0.6 is 23.4 Å². The summed E-state index contributed by atoms with van der Waals surface area (Å²) in [6.07, 6.45) is 0. The molecule has 0 atom stereocenters. The molecular formula is C16H12ClF2N5S. The van der Waals surface area contributed by atoms with Gasteiger partial charge in [0, 0.05) is 15.6 Å². The number of aromatic nitrogens is 3. The van der Waals surface area contributed by atoms with Gasteiger partial charge in [-0.05, 0) is 42.5 Å². The molecule has 3 rings (SSSR count). The summed E-state index contributed by atoms with van der Waals surface area (Å²) in [6, 6.07) is 10.7. The van der Waals surface area contributed by atoms with Crippen molar-refractivity contribution in [1.29, 1.82) is 0 Å². The zero-order valence-corrected chi connectivity index (χ0v) is 14.3. The molecule has 0 saturated heterocycles. The fraction of sp³-hybridized carbons (Fsp3) is 0.0625. The van der Waals surface area contributed by atoms with E-state index in [4.69, 9.17) is 17.3 Å². The fourth-order valence-corrected chi connectivity index (χ4v) is 2.84. The first-order valence-corrected chi connectivity index (χ1v) is 8.47. The van der Waals surface area contributed by atoms with Gasteiger partial charge in [0.25, 0.3) is 0 Å². The lowest BCUT2D eigenvalue weighted by Gasteiger charge is -2.07. The maximum atomic E-state index is 13.2. The van der Waals surface area contributed by atoms with Crippen LogP contribution in [-0.2, 0) is 5.75 Å². The molecule has 0 saturated carbocycles. The fourth-order valence-electron chi connectivity index (χ4n) is 1.94. The second kappa shape index (κ2) is 7.62. The number of anilines is 3. The molecular weight excluding hydrogens is 368 g/mol. The summed E-state index contributed by atoms with van der Waals surface area (Å²) in [5.74, 6) is -0.692. The van der Waals surface area contributed by atoms with Gasteiger partial charge in [-0.25, -0.2) is 8.78 Å². The van der Waals surface area contributed by atoms with Crippen molar-refractivity contribution in [3.05, 3.63) is 64.9 Å². The van der Waals surface area contributed by atoms with Gasteiger partial charge in [-0.1, -0.05) is 11.6 Å². The molecule has 0 unspecified atom stereocenters. The molecule has 1 aromatic heterocycles. The SMILES string of the molecule is Nc1nc(CSc2ccc(F)c(F)c2)nc(Nc2ccc(Cl)cc2)n1. The molecule has 1 heterocycles. The highest BCUT2D eigenvalue weighted by molar-refractivity contribution is 7.98. The van der Waals surface area contributed by atoms with E-state index in [1.807, 2.05) is 0 Å². The first-order chi connectivity index (χ1) is 12.0. The summed E-state index contributed by atoms with van der Waals surface area (Å²) in [5, 5.41) is 3.62. The van der Waals surface area contributed by atoms with Crippen LogP contribution in [0.1, 0.15) is 5.82 Å². The molecule has 0 fully saturated rings. The van der Waals surface area contributed by atoms with Crippen molar-refractivity contribution in [2.45, 2.75) is 10.6 Å². The Morgan fingerprint density at radius 2 is 1.76 bits per heavy atom. The summed E-state index contributed by atoms with van der Waals surface area (Å²) in [4.78, 5) is 12.9. The van der Waals surface area contributed by atoms with E-state index in [9.17, 15) is 8.78 Å². The van der Waals surface area contributed by atoms with Gasteiger partial charge in [0.05, 0.1) is 5.75 Å². The number of benzene rings is 2. The molecule has 0 aliphatic heterocycles. The van der Waals surface area contributed by atoms with Gasteiger partial charge < -0.3 is 11.1 Å². The summed E-state index contributed by atoms with van der Waals surface area (Å²) in [6.45, 7) is 0. The van der Waals surface area contributed by atoms with Crippen LogP contribution in [0.5, 0.6) is 0 Å². The lowest BCUT2D eigenvalue weighted by atomic mass is 10.3. The van der Waals surface area contributed by atoms with Crippen molar-refractivity contribution in [1.82, 2.24) is 15.0 Å². The second-order valence-electron chi connectivity index (χ2n) is 4.93. The number of hydrogen-bond acceptors (Lipinski definition) is 6. The molecule has 0 aliphatic carbocycles. The van der Waals surface area contributed by atoms with E-state index in [-0.39, 0.29) is 11.9 Å². The molecule has 0 amide bonds. The molecule has 3 aromatic rings. The Morgan fingerprint density at radius 1 is 1.00 bits per heavy atom. The quantitative estimate of drug-likeness (QED) is 0.639. The van der Waals surface area contributed by atoms with Crippen LogP contribution < -0.4 is 11.1 Å². The van der Waals surface area contributed by atoms with E-state index in [2.05, 4.69) is 20.3 Å². The average molecular weight is 380 g/mol. The standard InChI is InChI=1S/C16H12ClF2N5S/c17-9-1-3-10(4-2-9)21-16-23-14(22-15(20)24-16)8-25-11-5-6-12(18)13(19)7-11/h1-7H,8H2,(H3,20,21,22,23,24). The van der Waals surface area contributed by atoms with Crippen LogP contribution in [0.15, 0.2) is 47.4 Å². The van der Waals surface area contributed by atoms with Crippen LogP contribution in [-0.4, -0.2) is 15.0 Å². The van der Waals surface area contributed by atoms with Crippen molar-refractivity contribution in [3.63, 3.8) is 0 Å². The number of nitrogens with two attached hydrogens (primary N) is 1. The maximum absolute atomic E-state index is 13.2. The third-order valence-corrected chi connectivity index (χ3v) is 4.30. The van der Waals surface area contributed by atoms with Crippen molar-refractivity contribution >= 4 is 40.9 Å². The highest BCUT2D eigenvalue weighted by atomic mass is 35.5. The number of nitrogen functional groups attached to an aromatic ring is 1. The number of halogens is 3. The lowest BCUT2D eigenvalue weighted by molar-refractivity contribution is 0.506. The van der Waals surface area contributed by atoms with Crippen LogP contribution in [0.25, 0.3) is 0 Å².